The molecule has 1 atom stereocenters. The predicted octanol–water partition coefficient (Wildman–Crippen LogP) is 0.911. The van der Waals surface area contributed by atoms with Gasteiger partial charge in [-0.05, 0) is 44.2 Å². The van der Waals surface area contributed by atoms with Crippen molar-refractivity contribution in [2.75, 3.05) is 0 Å². The highest BCUT2D eigenvalue weighted by atomic mass is 16.2. The fourth-order valence-electron chi connectivity index (χ4n) is 2.56. The molecule has 0 spiro atoms. The van der Waals surface area contributed by atoms with Gasteiger partial charge in [-0.2, -0.15) is 0 Å². The third kappa shape index (κ3) is 1.95. The number of aryl methyl sites for hydroxylation is 1. The van der Waals surface area contributed by atoms with Crippen LogP contribution in [0, 0.1) is 0 Å². The molecule has 1 aromatic heterocycles. The molecule has 0 bridgehead atoms. The maximum atomic E-state index is 12.4. The summed E-state index contributed by atoms with van der Waals surface area (Å²) >= 11 is 0. The van der Waals surface area contributed by atoms with Gasteiger partial charge < -0.3 is 4.57 Å². The van der Waals surface area contributed by atoms with Gasteiger partial charge in [-0.25, -0.2) is 5.84 Å². The minimum absolute atomic E-state index is 0.106. The fourth-order valence-corrected chi connectivity index (χ4v) is 2.56. The maximum Gasteiger partial charge on any atom is 0.270 e. The van der Waals surface area contributed by atoms with Gasteiger partial charge in [0, 0.05) is 11.7 Å². The van der Waals surface area contributed by atoms with Crippen molar-refractivity contribution in [1.82, 2.24) is 9.99 Å². The smallest absolute Gasteiger partial charge is 0.270 e. The average molecular weight is 249 g/mol. The molecule has 1 aliphatic carbocycles. The lowest BCUT2D eigenvalue weighted by Gasteiger charge is -2.19. The van der Waals surface area contributed by atoms with Crippen molar-refractivity contribution < 1.29 is 4.79 Å². The third-order valence-corrected chi connectivity index (χ3v) is 3.70. The van der Waals surface area contributed by atoms with Crippen LogP contribution in [0.2, 0.25) is 0 Å². The van der Waals surface area contributed by atoms with E-state index in [1.165, 1.54) is 0 Å². The lowest BCUT2D eigenvalue weighted by atomic mass is 10.1. The molecular formula is C13H19N3O2. The van der Waals surface area contributed by atoms with E-state index >= 15 is 0 Å². The van der Waals surface area contributed by atoms with Gasteiger partial charge in [0.15, 0.2) is 0 Å². The average Bonchev–Trinajstić information content (AvgIpc) is 2.84. The second-order valence-corrected chi connectivity index (χ2v) is 4.79. The molecule has 5 nitrogen and oxygen atoms in total. The van der Waals surface area contributed by atoms with Crippen molar-refractivity contribution in [2.45, 2.75) is 45.6 Å². The molecular weight excluding hydrogens is 230 g/mol. The molecule has 3 N–H and O–H groups in total. The first-order chi connectivity index (χ1) is 8.60. The SMILES string of the molecule is CCC(C)n1c2c(cc(C(=O)NN)c1=O)CCC2. The highest BCUT2D eigenvalue weighted by molar-refractivity contribution is 5.93. The molecule has 0 aromatic carbocycles. The Balaban J connectivity index is 2.67. The van der Waals surface area contributed by atoms with Crippen LogP contribution in [-0.2, 0) is 12.8 Å². The summed E-state index contributed by atoms with van der Waals surface area (Å²) < 4.78 is 1.77. The number of aromatic nitrogens is 1. The van der Waals surface area contributed by atoms with Crippen LogP contribution in [0.15, 0.2) is 10.9 Å². The number of carbonyl (C=O) groups is 1. The lowest BCUT2D eigenvalue weighted by molar-refractivity contribution is 0.0951. The normalized spacial score (nSPS) is 15.3. The quantitative estimate of drug-likeness (QED) is 0.475. The van der Waals surface area contributed by atoms with Gasteiger partial charge in [0.25, 0.3) is 11.5 Å². The number of nitrogens with one attached hydrogen (secondary N) is 1. The van der Waals surface area contributed by atoms with E-state index in [9.17, 15) is 9.59 Å². The number of carbonyl (C=O) groups excluding carboxylic acids is 1. The van der Waals surface area contributed by atoms with Gasteiger partial charge in [0.05, 0.1) is 0 Å². The van der Waals surface area contributed by atoms with E-state index < -0.39 is 5.91 Å². The van der Waals surface area contributed by atoms with Gasteiger partial charge in [0.1, 0.15) is 5.56 Å². The molecule has 98 valence electrons. The van der Waals surface area contributed by atoms with Gasteiger partial charge >= 0.3 is 0 Å². The van der Waals surface area contributed by atoms with E-state index in [1.54, 1.807) is 10.6 Å². The molecule has 1 aromatic rings. The Morgan fingerprint density at radius 3 is 2.89 bits per heavy atom. The van der Waals surface area contributed by atoms with Crippen LogP contribution < -0.4 is 16.8 Å². The van der Waals surface area contributed by atoms with Crippen LogP contribution in [0.5, 0.6) is 0 Å². The second kappa shape index (κ2) is 4.94. The van der Waals surface area contributed by atoms with Gasteiger partial charge in [-0.3, -0.25) is 15.0 Å². The number of hydrogen-bond donors (Lipinski definition) is 2. The van der Waals surface area contributed by atoms with Crippen molar-refractivity contribution in [3.8, 4) is 0 Å². The molecule has 0 saturated carbocycles. The summed E-state index contributed by atoms with van der Waals surface area (Å²) in [5, 5.41) is 0. The topological polar surface area (TPSA) is 77.1 Å². The van der Waals surface area contributed by atoms with Gasteiger partial charge in [-0.1, -0.05) is 6.92 Å². The van der Waals surface area contributed by atoms with E-state index in [1.807, 2.05) is 19.3 Å². The first-order valence-electron chi connectivity index (χ1n) is 6.38. The summed E-state index contributed by atoms with van der Waals surface area (Å²) in [7, 11) is 0. The largest absolute Gasteiger partial charge is 0.309 e. The van der Waals surface area contributed by atoms with E-state index in [4.69, 9.17) is 5.84 Å². The highest BCUT2D eigenvalue weighted by Gasteiger charge is 2.23. The summed E-state index contributed by atoms with van der Waals surface area (Å²) in [6, 6.07) is 1.81. The number of nitrogen functional groups attached to an aromatic ring is 1. The molecule has 2 rings (SSSR count). The van der Waals surface area contributed by atoms with E-state index in [0.717, 1.165) is 36.9 Å². The molecule has 1 amide bonds. The highest BCUT2D eigenvalue weighted by Crippen LogP contribution is 2.24. The number of pyridine rings is 1. The van der Waals surface area contributed by atoms with Crippen LogP contribution in [-0.4, -0.2) is 10.5 Å². The molecule has 1 aliphatic rings. The number of hydrazine groups is 1. The molecule has 0 saturated heterocycles. The van der Waals surface area contributed by atoms with Crippen LogP contribution in [0.1, 0.15) is 54.3 Å². The molecule has 18 heavy (non-hydrogen) atoms. The Morgan fingerprint density at radius 1 is 1.56 bits per heavy atom. The Morgan fingerprint density at radius 2 is 2.28 bits per heavy atom. The molecule has 1 heterocycles. The molecule has 0 radical (unpaired) electrons. The maximum absolute atomic E-state index is 12.4. The zero-order valence-electron chi connectivity index (χ0n) is 10.8. The molecule has 5 heteroatoms. The number of nitrogens with two attached hydrogens (primary N) is 1. The van der Waals surface area contributed by atoms with Crippen molar-refractivity contribution >= 4 is 5.91 Å². The molecule has 0 aliphatic heterocycles. The Bertz CT molecular complexity index is 534. The third-order valence-electron chi connectivity index (χ3n) is 3.70. The zero-order valence-corrected chi connectivity index (χ0v) is 10.8. The van der Waals surface area contributed by atoms with E-state index in [2.05, 4.69) is 0 Å². The fraction of sp³-hybridized carbons (Fsp3) is 0.538. The van der Waals surface area contributed by atoms with Crippen molar-refractivity contribution in [2.24, 2.45) is 5.84 Å². The number of fused-ring (bicyclic) bond motifs is 1. The number of rotatable bonds is 3. The second-order valence-electron chi connectivity index (χ2n) is 4.79. The van der Waals surface area contributed by atoms with E-state index in [-0.39, 0.29) is 17.2 Å². The molecule has 0 fully saturated rings. The van der Waals surface area contributed by atoms with Crippen LogP contribution in [0.3, 0.4) is 0 Å². The predicted molar refractivity (Wildman–Crippen MR) is 69.4 cm³/mol. The van der Waals surface area contributed by atoms with Gasteiger partial charge in [0.2, 0.25) is 0 Å². The zero-order chi connectivity index (χ0) is 13.3. The van der Waals surface area contributed by atoms with Crippen LogP contribution in [0.25, 0.3) is 0 Å². The summed E-state index contributed by atoms with van der Waals surface area (Å²) in [5.74, 6) is 4.62. The standard InChI is InChI=1S/C13H19N3O2/c1-3-8(2)16-11-6-4-5-9(11)7-10(13(16)18)12(17)15-14/h7-8H,3-6,14H2,1-2H3,(H,15,17). The Kier molecular flexibility index (Phi) is 3.52. The first-order valence-corrected chi connectivity index (χ1v) is 6.38. The van der Waals surface area contributed by atoms with E-state index in [0.29, 0.717) is 0 Å². The number of hydrogen-bond acceptors (Lipinski definition) is 3. The number of nitrogens with zero attached hydrogens (tertiary/aromatic N) is 1. The molecule has 1 unspecified atom stereocenters. The van der Waals surface area contributed by atoms with Crippen molar-refractivity contribution in [3.05, 3.63) is 33.2 Å². The van der Waals surface area contributed by atoms with Crippen molar-refractivity contribution in [3.63, 3.8) is 0 Å². The minimum atomic E-state index is -0.508. The number of amides is 1. The Labute approximate surface area is 106 Å². The Hall–Kier alpha value is -1.62. The van der Waals surface area contributed by atoms with Crippen LogP contribution in [0.4, 0.5) is 0 Å². The van der Waals surface area contributed by atoms with Crippen LogP contribution >= 0.6 is 0 Å². The minimum Gasteiger partial charge on any atom is -0.309 e. The van der Waals surface area contributed by atoms with Crippen molar-refractivity contribution in [1.29, 1.82) is 0 Å². The summed E-state index contributed by atoms with van der Waals surface area (Å²) in [4.78, 5) is 24.0. The summed E-state index contributed by atoms with van der Waals surface area (Å²) in [6.07, 6.45) is 3.75. The first kappa shape index (κ1) is 12.8. The lowest BCUT2D eigenvalue weighted by Crippen LogP contribution is -2.38. The monoisotopic (exact) mass is 249 g/mol. The summed E-state index contributed by atoms with van der Waals surface area (Å²) in [6.45, 7) is 4.04. The van der Waals surface area contributed by atoms with Gasteiger partial charge in [-0.15, -0.1) is 0 Å². The summed E-state index contributed by atoms with van der Waals surface area (Å²) in [5.41, 5.74) is 4.16.